The molecule has 1 aromatic carbocycles. The van der Waals surface area contributed by atoms with Gasteiger partial charge in [-0.05, 0) is 112 Å². The summed E-state index contributed by atoms with van der Waals surface area (Å²) in [6, 6.07) is 12.0. The van der Waals surface area contributed by atoms with Crippen LogP contribution in [0.4, 0.5) is 5.82 Å². The number of amides is 1. The Kier molecular flexibility index (Phi) is 8.96. The highest BCUT2D eigenvalue weighted by Gasteiger charge is 2.34. The van der Waals surface area contributed by atoms with Crippen LogP contribution >= 0.6 is 0 Å². The van der Waals surface area contributed by atoms with E-state index >= 15 is 0 Å². The molecule has 44 heavy (non-hydrogen) atoms. The van der Waals surface area contributed by atoms with Crippen molar-refractivity contribution >= 4 is 17.7 Å². The van der Waals surface area contributed by atoms with Crippen molar-refractivity contribution in [1.82, 2.24) is 9.97 Å². The fourth-order valence-electron chi connectivity index (χ4n) is 7.04. The van der Waals surface area contributed by atoms with E-state index in [1.54, 1.807) is 19.6 Å². The highest BCUT2D eigenvalue weighted by Crippen LogP contribution is 2.41. The van der Waals surface area contributed by atoms with Crippen LogP contribution in [-0.4, -0.2) is 40.6 Å². The third-order valence-electron chi connectivity index (χ3n) is 9.79. The highest BCUT2D eigenvalue weighted by molar-refractivity contribution is 5.94. The molecule has 9 nitrogen and oxygen atoms in total. The van der Waals surface area contributed by atoms with Gasteiger partial charge in [0.1, 0.15) is 29.6 Å². The van der Waals surface area contributed by atoms with Gasteiger partial charge in [0.2, 0.25) is 5.91 Å². The predicted molar refractivity (Wildman–Crippen MR) is 164 cm³/mol. The molecule has 3 aromatic rings. The van der Waals surface area contributed by atoms with Crippen molar-refractivity contribution in [3.63, 3.8) is 0 Å². The molecule has 0 spiro atoms. The first-order valence-corrected chi connectivity index (χ1v) is 15.9. The van der Waals surface area contributed by atoms with E-state index in [-0.39, 0.29) is 24.2 Å². The van der Waals surface area contributed by atoms with Gasteiger partial charge in [-0.1, -0.05) is 6.07 Å². The van der Waals surface area contributed by atoms with Crippen LogP contribution in [0.15, 0.2) is 47.2 Å². The van der Waals surface area contributed by atoms with E-state index in [0.29, 0.717) is 54.3 Å². The second-order valence-electron chi connectivity index (χ2n) is 12.8. The van der Waals surface area contributed by atoms with E-state index < -0.39 is 5.97 Å². The van der Waals surface area contributed by atoms with Crippen molar-refractivity contribution < 1.29 is 23.8 Å². The number of carbonyl (C=O) groups excluding carboxylic acids is 1. The Bertz CT molecular complexity index is 1520. The van der Waals surface area contributed by atoms with Crippen LogP contribution in [0.1, 0.15) is 99.5 Å². The van der Waals surface area contributed by atoms with Crippen molar-refractivity contribution in [2.75, 3.05) is 18.6 Å². The molecule has 2 heterocycles. The lowest BCUT2D eigenvalue weighted by Crippen LogP contribution is -2.42. The van der Waals surface area contributed by atoms with Gasteiger partial charge in [-0.25, -0.2) is 9.97 Å². The number of oxazole rings is 1. The normalized spacial score (nSPS) is 23.5. The average Bonchev–Trinajstić information content (AvgIpc) is 3.79. The van der Waals surface area contributed by atoms with Crippen molar-refractivity contribution in [1.29, 1.82) is 5.26 Å². The van der Waals surface area contributed by atoms with E-state index in [1.807, 2.05) is 29.2 Å². The second-order valence-corrected chi connectivity index (χ2v) is 12.8. The zero-order valence-electron chi connectivity index (χ0n) is 25.3. The van der Waals surface area contributed by atoms with Crippen molar-refractivity contribution in [2.45, 2.75) is 82.5 Å². The number of aliphatic carboxylic acids is 1. The van der Waals surface area contributed by atoms with Gasteiger partial charge in [-0.3, -0.25) is 14.5 Å². The van der Waals surface area contributed by atoms with Gasteiger partial charge in [0.15, 0.2) is 5.89 Å². The fraction of sp³-hybridized carbons (Fsp3) is 0.514. The number of hydrogen-bond donors (Lipinski definition) is 1. The molecule has 9 heteroatoms. The first-order valence-electron chi connectivity index (χ1n) is 15.9. The lowest BCUT2D eigenvalue weighted by Gasteiger charge is -2.35. The molecule has 0 bridgehead atoms. The third kappa shape index (κ3) is 6.80. The molecule has 1 amide bonds. The molecule has 2 aromatic heterocycles. The fourth-order valence-corrected chi connectivity index (χ4v) is 7.04. The summed E-state index contributed by atoms with van der Waals surface area (Å²) in [4.78, 5) is 36.7. The molecule has 0 unspecified atom stereocenters. The molecule has 1 N–H and O–H groups in total. The molecule has 0 saturated heterocycles. The topological polar surface area (TPSA) is 130 Å². The molecule has 3 aliphatic rings. The van der Waals surface area contributed by atoms with Crippen LogP contribution in [-0.2, 0) is 9.59 Å². The molecule has 0 atom stereocenters. The molecule has 3 fully saturated rings. The Balaban J connectivity index is 1.18. The number of carbonyl (C=O) groups is 2. The maximum absolute atomic E-state index is 14.2. The number of ether oxygens (including phenoxy) is 1. The molecular formula is C35H40N4O5. The number of methoxy groups -OCH3 is 1. The van der Waals surface area contributed by atoms with Gasteiger partial charge < -0.3 is 14.3 Å². The standard InChI is InChI=1S/C35H40N4O5/c1-43-31-13-12-27(17-29(31)19-36)24-6-4-23(5-7-24)20-39(35(42)26-8-2-22(3-9-26)16-33(40)41)32-18-28(14-15-37-32)30-21-44-34(38-30)25-10-11-25/h12-15,17-18,21-26H,2-11,16,20H2,1H3,(H,40,41). The Labute approximate surface area is 258 Å². The zero-order valence-corrected chi connectivity index (χ0v) is 25.3. The number of anilines is 1. The Hall–Kier alpha value is -4.19. The molecule has 6 rings (SSSR count). The smallest absolute Gasteiger partial charge is 0.303 e. The van der Waals surface area contributed by atoms with E-state index in [4.69, 9.17) is 14.1 Å². The van der Waals surface area contributed by atoms with Crippen molar-refractivity contribution in [3.05, 3.63) is 59.8 Å². The Morgan fingerprint density at radius 2 is 1.73 bits per heavy atom. The Morgan fingerprint density at radius 1 is 1.00 bits per heavy atom. The molecule has 230 valence electrons. The number of benzene rings is 1. The summed E-state index contributed by atoms with van der Waals surface area (Å²) in [6.07, 6.45) is 12.7. The van der Waals surface area contributed by atoms with Crippen LogP contribution < -0.4 is 9.64 Å². The molecular weight excluding hydrogens is 556 g/mol. The summed E-state index contributed by atoms with van der Waals surface area (Å²) in [6.45, 7) is 0.593. The number of nitriles is 1. The number of hydrogen-bond acceptors (Lipinski definition) is 7. The van der Waals surface area contributed by atoms with Gasteiger partial charge in [0.25, 0.3) is 0 Å². The first kappa shape index (κ1) is 29.9. The van der Waals surface area contributed by atoms with E-state index in [2.05, 4.69) is 17.1 Å². The number of aromatic nitrogens is 2. The number of pyridine rings is 1. The van der Waals surface area contributed by atoms with Gasteiger partial charge in [0, 0.05) is 36.6 Å². The summed E-state index contributed by atoms with van der Waals surface area (Å²) in [5.74, 6) is 2.42. The van der Waals surface area contributed by atoms with Gasteiger partial charge in [-0.15, -0.1) is 0 Å². The molecule has 0 aliphatic heterocycles. The number of nitrogens with zero attached hydrogens (tertiary/aromatic N) is 4. The van der Waals surface area contributed by atoms with Gasteiger partial charge in [-0.2, -0.15) is 5.26 Å². The van der Waals surface area contributed by atoms with Crippen molar-refractivity contribution in [3.8, 4) is 23.1 Å². The van der Waals surface area contributed by atoms with Crippen LogP contribution in [0, 0.1) is 29.1 Å². The van der Waals surface area contributed by atoms with Gasteiger partial charge in [0.05, 0.1) is 12.7 Å². The van der Waals surface area contributed by atoms with E-state index in [0.717, 1.165) is 68.5 Å². The lowest BCUT2D eigenvalue weighted by atomic mass is 9.77. The maximum atomic E-state index is 14.2. The third-order valence-corrected chi connectivity index (χ3v) is 9.79. The summed E-state index contributed by atoms with van der Waals surface area (Å²) in [5, 5.41) is 18.8. The molecule has 3 saturated carbocycles. The number of carboxylic acid groups (broad SMARTS) is 1. The highest BCUT2D eigenvalue weighted by atomic mass is 16.5. The summed E-state index contributed by atoms with van der Waals surface area (Å²) in [7, 11) is 1.58. The van der Waals surface area contributed by atoms with Crippen molar-refractivity contribution in [2.24, 2.45) is 17.8 Å². The average molecular weight is 597 g/mol. The van der Waals surface area contributed by atoms with Gasteiger partial charge >= 0.3 is 5.97 Å². The van der Waals surface area contributed by atoms with Crippen LogP contribution in [0.25, 0.3) is 11.3 Å². The predicted octanol–water partition coefficient (Wildman–Crippen LogP) is 7.08. The molecule has 3 aliphatic carbocycles. The largest absolute Gasteiger partial charge is 0.495 e. The van der Waals surface area contributed by atoms with Crippen LogP contribution in [0.3, 0.4) is 0 Å². The second kappa shape index (κ2) is 13.2. The van der Waals surface area contributed by atoms with E-state index in [9.17, 15) is 20.0 Å². The lowest BCUT2D eigenvalue weighted by molar-refractivity contribution is -0.138. The van der Waals surface area contributed by atoms with Crippen LogP contribution in [0.2, 0.25) is 0 Å². The summed E-state index contributed by atoms with van der Waals surface area (Å²) < 4.78 is 11.1. The SMILES string of the molecule is COc1ccc(C2CCC(CN(C(=O)C3CCC(CC(=O)O)CC3)c3cc(-c4coc(C5CC5)n4)ccn3)CC2)cc1C#N. The summed E-state index contributed by atoms with van der Waals surface area (Å²) >= 11 is 0. The first-order chi connectivity index (χ1) is 21.4. The Morgan fingerprint density at radius 3 is 2.41 bits per heavy atom. The number of rotatable bonds is 10. The molecule has 0 radical (unpaired) electrons. The quantitative estimate of drug-likeness (QED) is 0.263. The number of carboxylic acids is 1. The summed E-state index contributed by atoms with van der Waals surface area (Å²) in [5.41, 5.74) is 3.36. The maximum Gasteiger partial charge on any atom is 0.303 e. The minimum absolute atomic E-state index is 0.0817. The van der Waals surface area contributed by atoms with E-state index in [1.165, 1.54) is 5.56 Å². The van der Waals surface area contributed by atoms with Crippen LogP contribution in [0.5, 0.6) is 5.75 Å². The monoisotopic (exact) mass is 596 g/mol. The minimum atomic E-state index is -0.769. The zero-order chi connectivity index (χ0) is 30.6. The minimum Gasteiger partial charge on any atom is -0.495 e.